The van der Waals surface area contributed by atoms with Gasteiger partial charge in [-0.3, -0.25) is 4.68 Å². The molecule has 0 fully saturated rings. The van der Waals surface area contributed by atoms with Gasteiger partial charge in [0.25, 0.3) is 0 Å². The van der Waals surface area contributed by atoms with Crippen molar-refractivity contribution in [2.75, 3.05) is 0 Å². The van der Waals surface area contributed by atoms with Crippen molar-refractivity contribution in [2.45, 2.75) is 32.4 Å². The highest BCUT2D eigenvalue weighted by molar-refractivity contribution is 5.58. The van der Waals surface area contributed by atoms with Crippen LogP contribution in [-0.4, -0.2) is 25.9 Å². The van der Waals surface area contributed by atoms with E-state index >= 15 is 0 Å². The summed E-state index contributed by atoms with van der Waals surface area (Å²) in [6.45, 7) is 1.91. The molecule has 1 aliphatic rings. The van der Waals surface area contributed by atoms with Crippen LogP contribution in [-0.2, 0) is 19.9 Å². The van der Waals surface area contributed by atoms with Crippen LogP contribution in [0.5, 0.6) is 0 Å². The number of halogens is 3. The Morgan fingerprint density at radius 1 is 1.40 bits per heavy atom. The van der Waals surface area contributed by atoms with Gasteiger partial charge in [-0.2, -0.15) is 18.3 Å². The first-order valence-electron chi connectivity index (χ1n) is 6.49. The van der Waals surface area contributed by atoms with Crippen LogP contribution in [0, 0.1) is 12.8 Å². The standard InChI is InChI=1S/C13H15F3N4/c1-7-9(6-17-20(7)2)12-18-10-4-3-8(13(14,15)16)5-11(10)19-12/h6,8H,3-5H2,1-2H3,(H,18,19). The van der Waals surface area contributed by atoms with Crippen LogP contribution in [0.2, 0.25) is 0 Å². The molecule has 20 heavy (non-hydrogen) atoms. The normalized spacial score (nSPS) is 19.1. The molecule has 0 saturated heterocycles. The van der Waals surface area contributed by atoms with Gasteiger partial charge >= 0.3 is 6.18 Å². The van der Waals surface area contributed by atoms with Crippen molar-refractivity contribution >= 4 is 0 Å². The molecule has 3 rings (SSSR count). The molecule has 1 unspecified atom stereocenters. The van der Waals surface area contributed by atoms with Crippen molar-refractivity contribution in [1.82, 2.24) is 19.7 Å². The van der Waals surface area contributed by atoms with E-state index in [0.717, 1.165) is 17.0 Å². The molecule has 4 nitrogen and oxygen atoms in total. The Labute approximate surface area is 114 Å². The van der Waals surface area contributed by atoms with Crippen LogP contribution < -0.4 is 0 Å². The highest BCUT2D eigenvalue weighted by Gasteiger charge is 2.42. The van der Waals surface area contributed by atoms with Crippen molar-refractivity contribution in [3.8, 4) is 11.4 Å². The summed E-state index contributed by atoms with van der Waals surface area (Å²) in [5.74, 6) is -0.651. The number of nitrogens with zero attached hydrogens (tertiary/aromatic N) is 3. The molecule has 0 radical (unpaired) electrons. The minimum Gasteiger partial charge on any atom is -0.341 e. The number of aryl methyl sites for hydroxylation is 2. The second-order valence-corrected chi connectivity index (χ2v) is 5.26. The predicted molar refractivity (Wildman–Crippen MR) is 67.1 cm³/mol. The van der Waals surface area contributed by atoms with Gasteiger partial charge in [-0.1, -0.05) is 0 Å². The molecule has 2 heterocycles. The SMILES string of the molecule is Cc1c(-c2nc3c([nH]2)CC(C(F)(F)F)CC3)cnn1C. The van der Waals surface area contributed by atoms with E-state index in [0.29, 0.717) is 17.9 Å². The molecule has 2 aromatic heterocycles. The second kappa shape index (κ2) is 4.36. The molecule has 1 aliphatic carbocycles. The van der Waals surface area contributed by atoms with Crippen molar-refractivity contribution in [3.63, 3.8) is 0 Å². The Bertz CT molecular complexity index is 639. The second-order valence-electron chi connectivity index (χ2n) is 5.26. The first-order chi connectivity index (χ1) is 9.36. The number of hydrogen-bond donors (Lipinski definition) is 1. The Hall–Kier alpha value is -1.79. The summed E-state index contributed by atoms with van der Waals surface area (Å²) in [5, 5.41) is 4.13. The summed E-state index contributed by atoms with van der Waals surface area (Å²) in [6.07, 6.45) is -1.97. The topological polar surface area (TPSA) is 46.5 Å². The summed E-state index contributed by atoms with van der Waals surface area (Å²) >= 11 is 0. The number of aromatic amines is 1. The van der Waals surface area contributed by atoms with E-state index in [-0.39, 0.29) is 12.8 Å². The van der Waals surface area contributed by atoms with Gasteiger partial charge in [0.1, 0.15) is 5.82 Å². The smallest absolute Gasteiger partial charge is 0.341 e. The number of imidazole rings is 1. The lowest BCUT2D eigenvalue weighted by atomic mass is 9.89. The minimum absolute atomic E-state index is 0.00879. The first kappa shape index (κ1) is 13.2. The predicted octanol–water partition coefficient (Wildman–Crippen LogP) is 2.79. The summed E-state index contributed by atoms with van der Waals surface area (Å²) in [6, 6.07) is 0. The summed E-state index contributed by atoms with van der Waals surface area (Å²) in [5.41, 5.74) is 3.13. The van der Waals surface area contributed by atoms with Crippen LogP contribution >= 0.6 is 0 Å². The molecule has 0 amide bonds. The third-order valence-corrected chi connectivity index (χ3v) is 4.00. The monoisotopic (exact) mass is 284 g/mol. The lowest BCUT2D eigenvalue weighted by Crippen LogP contribution is -2.28. The van der Waals surface area contributed by atoms with Crippen molar-refractivity contribution in [1.29, 1.82) is 0 Å². The quantitative estimate of drug-likeness (QED) is 0.875. The Morgan fingerprint density at radius 2 is 2.15 bits per heavy atom. The Kier molecular flexibility index (Phi) is 2.88. The number of aromatic nitrogens is 4. The number of H-pyrrole nitrogens is 1. The highest BCUT2D eigenvalue weighted by atomic mass is 19.4. The fourth-order valence-electron chi connectivity index (χ4n) is 2.62. The van der Waals surface area contributed by atoms with Crippen molar-refractivity contribution < 1.29 is 13.2 Å². The molecule has 0 aromatic carbocycles. The van der Waals surface area contributed by atoms with Crippen molar-refractivity contribution in [3.05, 3.63) is 23.3 Å². The van der Waals surface area contributed by atoms with E-state index < -0.39 is 12.1 Å². The molecule has 2 aromatic rings. The molecule has 0 aliphatic heterocycles. The van der Waals surface area contributed by atoms with Gasteiger partial charge in [0.15, 0.2) is 0 Å². The fourth-order valence-corrected chi connectivity index (χ4v) is 2.62. The molecule has 0 saturated carbocycles. The zero-order valence-electron chi connectivity index (χ0n) is 11.3. The molecular weight excluding hydrogens is 269 g/mol. The third-order valence-electron chi connectivity index (χ3n) is 4.00. The van der Waals surface area contributed by atoms with E-state index in [1.807, 2.05) is 14.0 Å². The van der Waals surface area contributed by atoms with E-state index in [1.54, 1.807) is 10.9 Å². The average Bonchev–Trinajstić information content (AvgIpc) is 2.92. The fraction of sp³-hybridized carbons (Fsp3) is 0.538. The minimum atomic E-state index is -4.13. The molecule has 1 atom stereocenters. The van der Waals surface area contributed by atoms with Crippen LogP contribution in [0.15, 0.2) is 6.20 Å². The maximum Gasteiger partial charge on any atom is 0.392 e. The number of fused-ring (bicyclic) bond motifs is 1. The van der Waals surface area contributed by atoms with Gasteiger partial charge in [0, 0.05) is 24.9 Å². The summed E-state index contributed by atoms with van der Waals surface area (Å²) in [7, 11) is 1.82. The molecular formula is C13H15F3N4. The Balaban J connectivity index is 1.93. The number of hydrogen-bond acceptors (Lipinski definition) is 2. The van der Waals surface area contributed by atoms with E-state index in [4.69, 9.17) is 0 Å². The number of rotatable bonds is 1. The summed E-state index contributed by atoms with van der Waals surface area (Å²) < 4.78 is 40.1. The van der Waals surface area contributed by atoms with Gasteiger partial charge in [-0.05, 0) is 19.8 Å². The maximum atomic E-state index is 12.8. The molecule has 0 spiro atoms. The van der Waals surface area contributed by atoms with Gasteiger partial charge in [-0.25, -0.2) is 4.98 Å². The van der Waals surface area contributed by atoms with Crippen LogP contribution in [0.1, 0.15) is 23.5 Å². The van der Waals surface area contributed by atoms with Crippen LogP contribution in [0.25, 0.3) is 11.4 Å². The van der Waals surface area contributed by atoms with Crippen molar-refractivity contribution in [2.24, 2.45) is 13.0 Å². The first-order valence-corrected chi connectivity index (χ1v) is 6.49. The van der Waals surface area contributed by atoms with Gasteiger partial charge in [0.2, 0.25) is 0 Å². The average molecular weight is 284 g/mol. The molecule has 0 bridgehead atoms. The lowest BCUT2D eigenvalue weighted by molar-refractivity contribution is -0.177. The van der Waals surface area contributed by atoms with Crippen LogP contribution in [0.3, 0.4) is 0 Å². The number of alkyl halides is 3. The third kappa shape index (κ3) is 2.10. The lowest BCUT2D eigenvalue weighted by Gasteiger charge is -2.23. The highest BCUT2D eigenvalue weighted by Crippen LogP contribution is 2.37. The van der Waals surface area contributed by atoms with Gasteiger partial charge in [-0.15, -0.1) is 0 Å². The molecule has 108 valence electrons. The maximum absolute atomic E-state index is 12.8. The van der Waals surface area contributed by atoms with E-state index in [9.17, 15) is 13.2 Å². The van der Waals surface area contributed by atoms with Gasteiger partial charge in [0.05, 0.1) is 23.4 Å². The zero-order chi connectivity index (χ0) is 14.5. The molecule has 7 heteroatoms. The number of nitrogens with one attached hydrogen (secondary N) is 1. The molecule has 1 N–H and O–H groups in total. The Morgan fingerprint density at radius 3 is 2.75 bits per heavy atom. The van der Waals surface area contributed by atoms with E-state index in [2.05, 4.69) is 15.1 Å². The summed E-state index contributed by atoms with van der Waals surface area (Å²) in [4.78, 5) is 7.48. The van der Waals surface area contributed by atoms with Crippen LogP contribution in [0.4, 0.5) is 13.2 Å². The largest absolute Gasteiger partial charge is 0.392 e. The zero-order valence-corrected chi connectivity index (χ0v) is 11.3. The van der Waals surface area contributed by atoms with Gasteiger partial charge < -0.3 is 4.98 Å². The van der Waals surface area contributed by atoms with E-state index in [1.165, 1.54) is 0 Å².